The maximum absolute atomic E-state index is 13.1. The smallest absolute Gasteiger partial charge is 0.276 e. The number of nitrogens with zero attached hydrogens (tertiary/aromatic N) is 4. The molecule has 7 nitrogen and oxygen atoms in total. The number of carbonyl (C=O) groups excluding carboxylic acids is 2. The predicted molar refractivity (Wildman–Crippen MR) is 136 cm³/mol. The minimum absolute atomic E-state index is 0.0813. The minimum Gasteiger partial charge on any atom is -0.343 e. The molecule has 1 fully saturated rings. The molecule has 1 N–H and O–H groups in total. The van der Waals surface area contributed by atoms with E-state index in [1.54, 1.807) is 29.9 Å². The number of hydrogen-bond acceptors (Lipinski definition) is 4. The van der Waals surface area contributed by atoms with Crippen LogP contribution in [0.2, 0.25) is 5.02 Å². The maximum atomic E-state index is 13.1. The minimum atomic E-state index is -0.396. The van der Waals surface area contributed by atoms with Crippen molar-refractivity contribution < 1.29 is 14.0 Å². The maximum Gasteiger partial charge on any atom is 0.276 e. The van der Waals surface area contributed by atoms with Crippen LogP contribution >= 0.6 is 11.6 Å². The lowest BCUT2D eigenvalue weighted by atomic mass is 9.87. The number of aryl methyl sites for hydroxylation is 1. The average molecular weight is 508 g/mol. The first kappa shape index (κ1) is 25.4. The van der Waals surface area contributed by atoms with Crippen LogP contribution in [0.15, 0.2) is 42.7 Å². The molecule has 1 aliphatic rings. The Bertz CT molecular complexity index is 1340. The molecule has 2 amide bonds. The molecular weight excluding hydrogens is 481 g/mol. The highest BCUT2D eigenvalue weighted by Gasteiger charge is 2.29. The van der Waals surface area contributed by atoms with E-state index in [0.717, 1.165) is 12.0 Å². The Kier molecular flexibility index (Phi) is 7.70. The zero-order chi connectivity index (χ0) is 25.8. The van der Waals surface area contributed by atoms with Gasteiger partial charge in [-0.15, -0.1) is 0 Å². The second-order valence-corrected chi connectivity index (χ2v) is 9.52. The summed E-state index contributed by atoms with van der Waals surface area (Å²) in [5, 5.41) is 7.44. The zero-order valence-electron chi connectivity index (χ0n) is 20.4. The van der Waals surface area contributed by atoms with Crippen LogP contribution in [-0.4, -0.2) is 44.6 Å². The molecule has 3 heterocycles. The normalized spacial score (nSPS) is 17.3. The van der Waals surface area contributed by atoms with Gasteiger partial charge < -0.3 is 10.2 Å². The van der Waals surface area contributed by atoms with E-state index in [0.29, 0.717) is 36.6 Å². The SMILES string of the molecule is CC(=O)N1CCC(Cn2ncc(Cl)c2C(=O)Nc2ncc(C#Cc3ccc(F)cc3)cc2C)C(C)C1. The molecule has 3 aromatic rings. The summed E-state index contributed by atoms with van der Waals surface area (Å²) < 4.78 is 14.7. The summed E-state index contributed by atoms with van der Waals surface area (Å²) in [5.41, 5.74) is 2.38. The van der Waals surface area contributed by atoms with Crippen molar-refractivity contribution in [2.75, 3.05) is 18.4 Å². The summed E-state index contributed by atoms with van der Waals surface area (Å²) in [4.78, 5) is 31.1. The first-order valence-corrected chi connectivity index (χ1v) is 12.1. The predicted octanol–water partition coefficient (Wildman–Crippen LogP) is 4.54. The third-order valence-electron chi connectivity index (χ3n) is 6.45. The van der Waals surface area contributed by atoms with Crippen molar-refractivity contribution >= 4 is 29.2 Å². The van der Waals surface area contributed by atoms with Gasteiger partial charge in [-0.3, -0.25) is 14.3 Å². The van der Waals surface area contributed by atoms with Gasteiger partial charge in [0.05, 0.1) is 11.2 Å². The highest BCUT2D eigenvalue weighted by Crippen LogP contribution is 2.27. The van der Waals surface area contributed by atoms with Gasteiger partial charge in [0.25, 0.3) is 5.91 Å². The van der Waals surface area contributed by atoms with E-state index in [4.69, 9.17) is 11.6 Å². The van der Waals surface area contributed by atoms with Crippen LogP contribution in [0.25, 0.3) is 0 Å². The lowest BCUT2D eigenvalue weighted by Crippen LogP contribution is -2.43. The quantitative estimate of drug-likeness (QED) is 0.526. The number of benzene rings is 1. The van der Waals surface area contributed by atoms with E-state index in [1.165, 1.54) is 18.3 Å². The average Bonchev–Trinajstić information content (AvgIpc) is 3.21. The first-order chi connectivity index (χ1) is 17.2. The van der Waals surface area contributed by atoms with Crippen LogP contribution in [-0.2, 0) is 11.3 Å². The molecule has 0 aliphatic carbocycles. The molecule has 0 saturated carbocycles. The van der Waals surface area contributed by atoms with E-state index in [-0.39, 0.29) is 34.3 Å². The van der Waals surface area contributed by atoms with E-state index in [9.17, 15) is 14.0 Å². The lowest BCUT2D eigenvalue weighted by Gasteiger charge is -2.36. The van der Waals surface area contributed by atoms with E-state index in [1.807, 2.05) is 17.9 Å². The largest absolute Gasteiger partial charge is 0.343 e. The van der Waals surface area contributed by atoms with Crippen molar-refractivity contribution in [1.82, 2.24) is 19.7 Å². The third kappa shape index (κ3) is 5.92. The summed E-state index contributed by atoms with van der Waals surface area (Å²) in [5.74, 6) is 6.28. The van der Waals surface area contributed by atoms with Gasteiger partial charge in [-0.2, -0.15) is 5.10 Å². The fraction of sp³-hybridized carbons (Fsp3) is 0.333. The molecule has 2 atom stereocenters. The van der Waals surface area contributed by atoms with Gasteiger partial charge in [0.15, 0.2) is 0 Å². The third-order valence-corrected chi connectivity index (χ3v) is 6.73. The highest BCUT2D eigenvalue weighted by molar-refractivity contribution is 6.34. The van der Waals surface area contributed by atoms with Gasteiger partial charge in [0, 0.05) is 43.9 Å². The molecule has 1 saturated heterocycles. The van der Waals surface area contributed by atoms with Crippen LogP contribution in [0.3, 0.4) is 0 Å². The van der Waals surface area contributed by atoms with Crippen LogP contribution < -0.4 is 5.32 Å². The molecule has 9 heteroatoms. The number of aromatic nitrogens is 3. The van der Waals surface area contributed by atoms with Crippen molar-refractivity contribution in [3.63, 3.8) is 0 Å². The number of carbonyl (C=O) groups is 2. The Labute approximate surface area is 214 Å². The first-order valence-electron chi connectivity index (χ1n) is 11.7. The van der Waals surface area contributed by atoms with Crippen LogP contribution in [0.1, 0.15) is 47.4 Å². The number of piperidine rings is 1. The zero-order valence-corrected chi connectivity index (χ0v) is 21.1. The molecule has 0 spiro atoms. The van der Waals surface area contributed by atoms with Gasteiger partial charge in [-0.05, 0) is 61.1 Å². The van der Waals surface area contributed by atoms with E-state index < -0.39 is 5.91 Å². The Balaban J connectivity index is 1.45. The molecule has 4 rings (SSSR count). The molecule has 2 aromatic heterocycles. The number of nitrogens with one attached hydrogen (secondary N) is 1. The van der Waals surface area contributed by atoms with Crippen LogP contribution in [0, 0.1) is 36.4 Å². The molecule has 36 heavy (non-hydrogen) atoms. The summed E-state index contributed by atoms with van der Waals surface area (Å²) in [6.45, 7) is 7.44. The number of likely N-dealkylation sites (tertiary alicyclic amines) is 1. The van der Waals surface area contributed by atoms with Gasteiger partial charge in [-0.25, -0.2) is 9.37 Å². The van der Waals surface area contributed by atoms with Crippen molar-refractivity contribution in [2.24, 2.45) is 11.8 Å². The molecule has 1 aromatic carbocycles. The summed E-state index contributed by atoms with van der Waals surface area (Å²) in [6, 6.07) is 7.76. The van der Waals surface area contributed by atoms with Gasteiger partial charge >= 0.3 is 0 Å². The van der Waals surface area contributed by atoms with Crippen LogP contribution in [0.5, 0.6) is 0 Å². The highest BCUT2D eigenvalue weighted by atomic mass is 35.5. The monoisotopic (exact) mass is 507 g/mol. The fourth-order valence-corrected chi connectivity index (χ4v) is 4.55. The molecule has 1 aliphatic heterocycles. The number of anilines is 1. The van der Waals surface area contributed by atoms with Crippen molar-refractivity contribution in [3.05, 3.63) is 75.9 Å². The second kappa shape index (κ2) is 10.9. The Morgan fingerprint density at radius 3 is 2.58 bits per heavy atom. The van der Waals surface area contributed by atoms with Crippen molar-refractivity contribution in [3.8, 4) is 11.8 Å². The van der Waals surface area contributed by atoms with Gasteiger partial charge in [-0.1, -0.05) is 30.4 Å². The Morgan fingerprint density at radius 2 is 1.92 bits per heavy atom. The van der Waals surface area contributed by atoms with Gasteiger partial charge in [0.2, 0.25) is 5.91 Å². The fourth-order valence-electron chi connectivity index (χ4n) is 4.32. The number of halogens is 2. The van der Waals surface area contributed by atoms with Crippen LogP contribution in [0.4, 0.5) is 10.2 Å². The van der Waals surface area contributed by atoms with Gasteiger partial charge in [0.1, 0.15) is 17.3 Å². The molecular formula is C27H27ClFN5O2. The Morgan fingerprint density at radius 1 is 1.19 bits per heavy atom. The summed E-state index contributed by atoms with van der Waals surface area (Å²) >= 11 is 6.34. The number of hydrogen-bond donors (Lipinski definition) is 1. The number of pyridine rings is 1. The lowest BCUT2D eigenvalue weighted by molar-refractivity contribution is -0.131. The van der Waals surface area contributed by atoms with Crippen molar-refractivity contribution in [1.29, 1.82) is 0 Å². The summed E-state index contributed by atoms with van der Waals surface area (Å²) in [6.07, 6.45) is 3.88. The van der Waals surface area contributed by atoms with Crippen molar-refractivity contribution in [2.45, 2.75) is 33.7 Å². The summed E-state index contributed by atoms with van der Waals surface area (Å²) in [7, 11) is 0. The molecule has 0 radical (unpaired) electrons. The number of amides is 2. The van der Waals surface area contributed by atoms with E-state index >= 15 is 0 Å². The molecule has 2 unspecified atom stereocenters. The molecule has 186 valence electrons. The topological polar surface area (TPSA) is 80.1 Å². The molecule has 0 bridgehead atoms. The second-order valence-electron chi connectivity index (χ2n) is 9.11. The standard InChI is InChI=1S/C27H27ClFN5O2/c1-17-12-21(5-4-20-6-8-23(29)9-7-20)13-30-26(17)32-27(36)25-24(28)14-31-34(25)16-22-10-11-33(19(3)35)15-18(22)2/h6-9,12-14,18,22H,10-11,15-16H2,1-3H3,(H,30,32,36). The Hall–Kier alpha value is -3.70. The van der Waals surface area contributed by atoms with E-state index in [2.05, 4.69) is 34.2 Å². The number of rotatable bonds is 4.